The zero-order valence-corrected chi connectivity index (χ0v) is 15.1. The van der Waals surface area contributed by atoms with Crippen molar-refractivity contribution in [2.24, 2.45) is 0 Å². The SMILES string of the molecule is CCCCCCCCCC(=O)/C=C(/[O-])C(=O)OCC.[Na+]. The van der Waals surface area contributed by atoms with Crippen LogP contribution in [0.2, 0.25) is 0 Å². The maximum absolute atomic E-state index is 11.4. The van der Waals surface area contributed by atoms with Gasteiger partial charge >= 0.3 is 35.5 Å². The number of allylic oxidation sites excluding steroid dienone is 1. The Bertz CT molecular complexity index is 300. The summed E-state index contributed by atoms with van der Waals surface area (Å²) < 4.78 is 4.51. The van der Waals surface area contributed by atoms with Crippen LogP contribution >= 0.6 is 0 Å². The van der Waals surface area contributed by atoms with Gasteiger partial charge in [0.2, 0.25) is 0 Å². The summed E-state index contributed by atoms with van der Waals surface area (Å²) in [6, 6.07) is 0. The monoisotopic (exact) mass is 292 g/mol. The minimum absolute atomic E-state index is 0. The molecule has 5 heteroatoms. The molecule has 0 fully saturated rings. The van der Waals surface area contributed by atoms with E-state index in [1.54, 1.807) is 6.92 Å². The van der Waals surface area contributed by atoms with Crippen LogP contribution in [0, 0.1) is 0 Å². The number of rotatable bonds is 11. The molecule has 20 heavy (non-hydrogen) atoms. The van der Waals surface area contributed by atoms with Crippen LogP contribution < -0.4 is 34.7 Å². The Hall–Kier alpha value is -0.320. The first-order valence-corrected chi connectivity index (χ1v) is 7.20. The van der Waals surface area contributed by atoms with Gasteiger partial charge in [-0.2, -0.15) is 0 Å². The van der Waals surface area contributed by atoms with Gasteiger partial charge in [-0.05, 0) is 25.2 Å². The van der Waals surface area contributed by atoms with E-state index in [2.05, 4.69) is 11.7 Å². The van der Waals surface area contributed by atoms with Crippen LogP contribution in [0.25, 0.3) is 0 Å². The molecule has 4 nitrogen and oxygen atoms in total. The molecule has 110 valence electrons. The van der Waals surface area contributed by atoms with Crippen molar-refractivity contribution < 1.29 is 49.0 Å². The van der Waals surface area contributed by atoms with Gasteiger partial charge in [-0.3, -0.25) is 4.79 Å². The third-order valence-electron chi connectivity index (χ3n) is 2.80. The van der Waals surface area contributed by atoms with Gasteiger partial charge in [-0.1, -0.05) is 45.4 Å². The predicted molar refractivity (Wildman–Crippen MR) is 72.3 cm³/mol. The van der Waals surface area contributed by atoms with Crippen molar-refractivity contribution in [3.8, 4) is 0 Å². The number of ketones is 1. The zero-order chi connectivity index (χ0) is 14.5. The number of carbonyl (C=O) groups is 2. The molecule has 0 radical (unpaired) electrons. The first-order chi connectivity index (χ1) is 9.11. The van der Waals surface area contributed by atoms with E-state index in [0.29, 0.717) is 6.42 Å². The Morgan fingerprint density at radius 2 is 1.55 bits per heavy atom. The smallest absolute Gasteiger partial charge is 0.868 e. The van der Waals surface area contributed by atoms with Crippen molar-refractivity contribution in [3.05, 3.63) is 11.8 Å². The second-order valence-corrected chi connectivity index (χ2v) is 4.57. The molecular formula is C15H25NaO4. The topological polar surface area (TPSA) is 66.4 Å². The molecule has 0 rings (SSSR count). The van der Waals surface area contributed by atoms with E-state index < -0.39 is 11.7 Å². The van der Waals surface area contributed by atoms with Crippen molar-refractivity contribution >= 4 is 11.8 Å². The molecule has 0 aromatic rings. The number of hydrogen-bond donors (Lipinski definition) is 0. The molecular weight excluding hydrogens is 267 g/mol. The van der Waals surface area contributed by atoms with Gasteiger partial charge < -0.3 is 9.84 Å². The minimum Gasteiger partial charge on any atom is -0.868 e. The van der Waals surface area contributed by atoms with Gasteiger partial charge in [-0.25, -0.2) is 4.79 Å². The van der Waals surface area contributed by atoms with Crippen molar-refractivity contribution in [3.63, 3.8) is 0 Å². The Morgan fingerprint density at radius 1 is 1.00 bits per heavy atom. The molecule has 0 saturated carbocycles. The summed E-state index contributed by atoms with van der Waals surface area (Å²) >= 11 is 0. The maximum Gasteiger partial charge on any atom is 1.00 e. The molecule has 0 atom stereocenters. The quantitative estimate of drug-likeness (QED) is 0.169. The van der Waals surface area contributed by atoms with Crippen LogP contribution in [0.4, 0.5) is 0 Å². The molecule has 0 aromatic carbocycles. The molecule has 0 aliphatic rings. The van der Waals surface area contributed by atoms with E-state index in [-0.39, 0.29) is 41.9 Å². The Balaban J connectivity index is 0. The largest absolute Gasteiger partial charge is 1.00 e. The molecule has 0 spiro atoms. The second-order valence-electron chi connectivity index (χ2n) is 4.57. The Labute approximate surface area is 144 Å². The average molecular weight is 292 g/mol. The van der Waals surface area contributed by atoms with Gasteiger partial charge in [-0.15, -0.1) is 0 Å². The standard InChI is InChI=1S/C15H26O4.Na/c1-3-5-6-7-8-9-10-11-13(16)12-14(17)15(18)19-4-2;/h12,17H,3-11H2,1-2H3;/q;+1/p-1/b14-12+;. The summed E-state index contributed by atoms with van der Waals surface area (Å²) in [5.41, 5.74) is 0. The molecule has 0 aliphatic heterocycles. The Morgan fingerprint density at radius 3 is 2.10 bits per heavy atom. The fraction of sp³-hybridized carbons (Fsp3) is 0.733. The van der Waals surface area contributed by atoms with E-state index in [1.165, 1.54) is 25.7 Å². The van der Waals surface area contributed by atoms with E-state index in [1.807, 2.05) is 0 Å². The summed E-state index contributed by atoms with van der Waals surface area (Å²) in [7, 11) is 0. The summed E-state index contributed by atoms with van der Waals surface area (Å²) in [4.78, 5) is 22.4. The molecule has 0 unspecified atom stereocenters. The van der Waals surface area contributed by atoms with Gasteiger partial charge in [0.25, 0.3) is 0 Å². The van der Waals surface area contributed by atoms with Crippen LogP contribution in [0.3, 0.4) is 0 Å². The van der Waals surface area contributed by atoms with Gasteiger partial charge in [0.05, 0.1) is 6.61 Å². The van der Waals surface area contributed by atoms with Crippen LogP contribution in [-0.2, 0) is 14.3 Å². The van der Waals surface area contributed by atoms with E-state index in [4.69, 9.17) is 0 Å². The molecule has 0 bridgehead atoms. The van der Waals surface area contributed by atoms with Crippen molar-refractivity contribution in [2.75, 3.05) is 6.61 Å². The number of ether oxygens (including phenoxy) is 1. The number of hydrogen-bond acceptors (Lipinski definition) is 4. The van der Waals surface area contributed by atoms with Crippen molar-refractivity contribution in [1.29, 1.82) is 0 Å². The van der Waals surface area contributed by atoms with Crippen LogP contribution in [0.1, 0.15) is 65.2 Å². The van der Waals surface area contributed by atoms with Crippen molar-refractivity contribution in [2.45, 2.75) is 65.2 Å². The van der Waals surface area contributed by atoms with Gasteiger partial charge in [0, 0.05) is 6.42 Å². The third-order valence-corrected chi connectivity index (χ3v) is 2.80. The fourth-order valence-corrected chi connectivity index (χ4v) is 1.74. The minimum atomic E-state index is -0.949. The molecule has 0 aliphatic carbocycles. The summed E-state index contributed by atoms with van der Waals surface area (Å²) in [6.45, 7) is 3.94. The molecule has 0 amide bonds. The molecule has 0 saturated heterocycles. The third kappa shape index (κ3) is 12.7. The van der Waals surface area contributed by atoms with E-state index >= 15 is 0 Å². The molecule has 0 N–H and O–H groups in total. The van der Waals surface area contributed by atoms with Crippen molar-refractivity contribution in [1.82, 2.24) is 0 Å². The van der Waals surface area contributed by atoms with E-state index in [0.717, 1.165) is 25.3 Å². The number of carbonyl (C=O) groups excluding carboxylic acids is 2. The van der Waals surface area contributed by atoms with Crippen LogP contribution in [-0.4, -0.2) is 18.4 Å². The van der Waals surface area contributed by atoms with E-state index in [9.17, 15) is 14.7 Å². The summed E-state index contributed by atoms with van der Waals surface area (Å²) in [6.07, 6.45) is 9.02. The fourth-order valence-electron chi connectivity index (χ4n) is 1.74. The number of esters is 1. The average Bonchev–Trinajstić information content (AvgIpc) is 2.38. The summed E-state index contributed by atoms with van der Waals surface area (Å²) in [5.74, 6) is -2.09. The first-order valence-electron chi connectivity index (χ1n) is 7.20. The predicted octanol–water partition coefficient (Wildman–Crippen LogP) is -0.492. The van der Waals surface area contributed by atoms with Crippen LogP contribution in [0.5, 0.6) is 0 Å². The normalized spacial score (nSPS) is 10.8. The zero-order valence-electron chi connectivity index (χ0n) is 13.1. The first kappa shape index (κ1) is 22.0. The molecule has 0 aromatic heterocycles. The number of unbranched alkanes of at least 4 members (excludes halogenated alkanes) is 6. The summed E-state index contributed by atoms with van der Waals surface area (Å²) in [5, 5.41) is 11.2. The maximum atomic E-state index is 11.4. The Kier molecular flexibility index (Phi) is 16.6. The second kappa shape index (κ2) is 15.1. The van der Waals surface area contributed by atoms with Gasteiger partial charge in [0.1, 0.15) is 0 Å². The van der Waals surface area contributed by atoms with Crippen LogP contribution in [0.15, 0.2) is 11.8 Å². The van der Waals surface area contributed by atoms with Gasteiger partial charge in [0.15, 0.2) is 5.78 Å². The molecule has 0 heterocycles.